The number of hydrogen-bond acceptors (Lipinski definition) is 1. The molecule has 1 aromatic rings. The lowest BCUT2D eigenvalue weighted by Crippen LogP contribution is -2.18. The molecule has 0 aromatic heterocycles. The van der Waals surface area contributed by atoms with Gasteiger partial charge in [0, 0.05) is 29.1 Å². The number of carbonyl (C=O) groups is 1. The van der Waals surface area contributed by atoms with Crippen molar-refractivity contribution < 1.29 is 18.0 Å². The Bertz CT molecular complexity index is 365. The van der Waals surface area contributed by atoms with E-state index in [0.29, 0.717) is 0 Å². The molecule has 82 valence electrons. The maximum atomic E-state index is 12.5. The first-order valence-electron chi connectivity index (χ1n) is 3.99. The maximum Gasteiger partial charge on any atom is 0.416 e. The van der Waals surface area contributed by atoms with Crippen LogP contribution in [0.5, 0.6) is 0 Å². The van der Waals surface area contributed by atoms with Crippen molar-refractivity contribution in [3.63, 3.8) is 0 Å². The second kappa shape index (κ2) is 4.82. The van der Waals surface area contributed by atoms with Gasteiger partial charge in [0.1, 0.15) is 0 Å². The van der Waals surface area contributed by atoms with E-state index in [1.807, 2.05) is 0 Å². The van der Waals surface area contributed by atoms with Gasteiger partial charge in [-0.15, -0.1) is 0 Å². The molecule has 0 bridgehead atoms. The van der Waals surface area contributed by atoms with Crippen molar-refractivity contribution in [2.45, 2.75) is 12.7 Å². The molecule has 0 heterocycles. The summed E-state index contributed by atoms with van der Waals surface area (Å²) in [5, 5.41) is 2.32. The quantitative estimate of drug-likeness (QED) is 0.503. The molecule has 2 nitrogen and oxygen atoms in total. The Balaban J connectivity index is 2.92. The van der Waals surface area contributed by atoms with Gasteiger partial charge in [-0.1, -0.05) is 18.2 Å². The molecule has 0 unspecified atom stereocenters. The van der Waals surface area contributed by atoms with Crippen molar-refractivity contribution in [2.24, 2.45) is 0 Å². The Labute approximate surface area is 98.0 Å². The van der Waals surface area contributed by atoms with E-state index in [2.05, 4.69) is 5.32 Å². The topological polar surface area (TPSA) is 29.1 Å². The smallest absolute Gasteiger partial charge is 0.343 e. The standard InChI is InChI=1S/C9H7F3INO/c10-9(11,12)7-4-2-1-3-6(7)5-14-8(13)15/h1-4H,5H2,(H,14,15). The molecule has 1 aromatic carbocycles. The second-order valence-corrected chi connectivity index (χ2v) is 3.76. The van der Waals surface area contributed by atoms with Crippen LogP contribution in [0.4, 0.5) is 18.0 Å². The molecule has 0 aliphatic rings. The lowest BCUT2D eigenvalue weighted by atomic mass is 10.1. The molecule has 0 fully saturated rings. The van der Waals surface area contributed by atoms with E-state index in [0.717, 1.165) is 6.07 Å². The van der Waals surface area contributed by atoms with Gasteiger partial charge < -0.3 is 5.32 Å². The summed E-state index contributed by atoms with van der Waals surface area (Å²) in [6, 6.07) is 5.16. The summed E-state index contributed by atoms with van der Waals surface area (Å²) in [5.41, 5.74) is -0.648. The Kier molecular flexibility index (Phi) is 3.95. The molecule has 0 aliphatic carbocycles. The molecule has 0 atom stereocenters. The lowest BCUT2D eigenvalue weighted by molar-refractivity contribution is -0.138. The van der Waals surface area contributed by atoms with E-state index in [1.165, 1.54) is 40.8 Å². The monoisotopic (exact) mass is 329 g/mol. The van der Waals surface area contributed by atoms with Gasteiger partial charge in [-0.25, -0.2) is 0 Å². The van der Waals surface area contributed by atoms with Crippen LogP contribution in [-0.4, -0.2) is 3.91 Å². The molecule has 0 saturated heterocycles. The van der Waals surface area contributed by atoms with E-state index < -0.39 is 11.7 Å². The van der Waals surface area contributed by atoms with Crippen molar-refractivity contribution in [3.8, 4) is 0 Å². The van der Waals surface area contributed by atoms with Gasteiger partial charge in [0.05, 0.1) is 5.56 Å². The van der Waals surface area contributed by atoms with Crippen LogP contribution in [0.25, 0.3) is 0 Å². The first kappa shape index (κ1) is 12.3. The minimum Gasteiger partial charge on any atom is -0.343 e. The van der Waals surface area contributed by atoms with Crippen molar-refractivity contribution in [2.75, 3.05) is 0 Å². The van der Waals surface area contributed by atoms with Gasteiger partial charge in [0.2, 0.25) is 0 Å². The third kappa shape index (κ3) is 3.69. The third-order valence-corrected chi connectivity index (χ3v) is 2.12. The van der Waals surface area contributed by atoms with Crippen molar-refractivity contribution in [1.82, 2.24) is 5.32 Å². The SMILES string of the molecule is O=C(I)NCc1ccccc1C(F)(F)F. The average Bonchev–Trinajstić information content (AvgIpc) is 2.13. The Morgan fingerprint density at radius 1 is 1.33 bits per heavy atom. The first-order chi connectivity index (χ1) is 6.91. The number of nitrogens with one attached hydrogen (secondary N) is 1. The first-order valence-corrected chi connectivity index (χ1v) is 5.07. The van der Waals surface area contributed by atoms with Gasteiger partial charge >= 0.3 is 6.18 Å². The molecule has 0 spiro atoms. The number of carbonyl (C=O) groups excluding carboxylic acids is 1. The normalized spacial score (nSPS) is 11.2. The Hall–Kier alpha value is -0.790. The summed E-state index contributed by atoms with van der Waals surface area (Å²) >= 11 is 1.47. The van der Waals surface area contributed by atoms with Gasteiger partial charge in [-0.2, -0.15) is 13.2 Å². The predicted octanol–water partition coefficient (Wildman–Crippen LogP) is 3.35. The highest BCUT2D eigenvalue weighted by molar-refractivity contribution is 14.1. The average molecular weight is 329 g/mol. The lowest BCUT2D eigenvalue weighted by Gasteiger charge is -2.12. The van der Waals surface area contributed by atoms with Crippen molar-refractivity contribution in [1.29, 1.82) is 0 Å². The Morgan fingerprint density at radius 2 is 1.93 bits per heavy atom. The van der Waals surface area contributed by atoms with Crippen LogP contribution >= 0.6 is 22.6 Å². The zero-order valence-electron chi connectivity index (χ0n) is 7.44. The molecule has 15 heavy (non-hydrogen) atoms. The molecule has 1 rings (SSSR count). The molecule has 0 aliphatic heterocycles. The van der Waals surface area contributed by atoms with Gasteiger partial charge in [0.15, 0.2) is 0 Å². The minimum atomic E-state index is -4.38. The predicted molar refractivity (Wildman–Crippen MR) is 57.7 cm³/mol. The van der Waals surface area contributed by atoms with E-state index in [4.69, 9.17) is 0 Å². The summed E-state index contributed by atoms with van der Waals surface area (Å²) in [7, 11) is 0. The summed E-state index contributed by atoms with van der Waals surface area (Å²) in [4.78, 5) is 10.6. The molecule has 1 N–H and O–H groups in total. The van der Waals surface area contributed by atoms with Gasteiger partial charge in [-0.05, 0) is 11.6 Å². The zero-order chi connectivity index (χ0) is 11.5. The second-order valence-electron chi connectivity index (χ2n) is 2.78. The number of hydrogen-bond donors (Lipinski definition) is 1. The molecular weight excluding hydrogens is 322 g/mol. The number of alkyl halides is 3. The fourth-order valence-corrected chi connectivity index (χ4v) is 1.31. The van der Waals surface area contributed by atoms with E-state index in [9.17, 15) is 18.0 Å². The summed E-state index contributed by atoms with van der Waals surface area (Å²) < 4.78 is 37.0. The van der Waals surface area contributed by atoms with Crippen LogP contribution in [0.3, 0.4) is 0 Å². The van der Waals surface area contributed by atoms with Crippen molar-refractivity contribution in [3.05, 3.63) is 35.4 Å². The summed E-state index contributed by atoms with van der Waals surface area (Å²) in [6.07, 6.45) is -4.38. The maximum absolute atomic E-state index is 12.5. The van der Waals surface area contributed by atoms with E-state index >= 15 is 0 Å². The number of halogens is 4. The van der Waals surface area contributed by atoms with Crippen LogP contribution in [0.2, 0.25) is 0 Å². The van der Waals surface area contributed by atoms with Crippen LogP contribution < -0.4 is 5.32 Å². The molecule has 1 amide bonds. The van der Waals surface area contributed by atoms with Crippen LogP contribution in [0.15, 0.2) is 24.3 Å². The van der Waals surface area contributed by atoms with E-state index in [-0.39, 0.29) is 16.0 Å². The number of amides is 1. The van der Waals surface area contributed by atoms with Crippen LogP contribution in [0, 0.1) is 0 Å². The van der Waals surface area contributed by atoms with E-state index in [1.54, 1.807) is 0 Å². The molecule has 0 saturated carbocycles. The fourth-order valence-electron chi connectivity index (χ4n) is 1.12. The third-order valence-electron chi connectivity index (χ3n) is 1.74. The Morgan fingerprint density at radius 3 is 2.47 bits per heavy atom. The highest BCUT2D eigenvalue weighted by Crippen LogP contribution is 2.31. The zero-order valence-corrected chi connectivity index (χ0v) is 9.59. The minimum absolute atomic E-state index is 0.0648. The largest absolute Gasteiger partial charge is 0.416 e. The molecule has 6 heteroatoms. The highest BCUT2D eigenvalue weighted by atomic mass is 127. The molecular formula is C9H7F3INO. The summed E-state index contributed by atoms with van der Waals surface area (Å²) in [5.74, 6) is 0. The van der Waals surface area contributed by atoms with Crippen molar-refractivity contribution >= 4 is 26.5 Å². The fraction of sp³-hybridized carbons (Fsp3) is 0.222. The highest BCUT2D eigenvalue weighted by Gasteiger charge is 2.32. The van der Waals surface area contributed by atoms with Gasteiger partial charge in [0.25, 0.3) is 3.91 Å². The van der Waals surface area contributed by atoms with Crippen LogP contribution in [-0.2, 0) is 12.7 Å². The number of benzene rings is 1. The van der Waals surface area contributed by atoms with Gasteiger partial charge in [-0.3, -0.25) is 4.79 Å². The number of rotatable bonds is 2. The van der Waals surface area contributed by atoms with Crippen LogP contribution in [0.1, 0.15) is 11.1 Å². The summed E-state index contributed by atoms with van der Waals surface area (Å²) in [6.45, 7) is -0.114. The molecule has 0 radical (unpaired) electrons.